The third kappa shape index (κ3) is 2.87. The third-order valence-corrected chi connectivity index (χ3v) is 3.76. The molecule has 3 nitrogen and oxygen atoms in total. The fraction of sp³-hybridized carbons (Fsp3) is 0.600. The fourth-order valence-corrected chi connectivity index (χ4v) is 2.82. The van der Waals surface area contributed by atoms with E-state index in [0.29, 0.717) is 0 Å². The maximum Gasteiger partial charge on any atom is 0.129 e. The summed E-state index contributed by atoms with van der Waals surface area (Å²) < 4.78 is 0. The van der Waals surface area contributed by atoms with Gasteiger partial charge in [-0.25, -0.2) is 9.97 Å². The van der Waals surface area contributed by atoms with E-state index in [9.17, 15) is 0 Å². The van der Waals surface area contributed by atoms with E-state index in [1.54, 1.807) is 12.5 Å². The third-order valence-electron chi connectivity index (χ3n) is 2.37. The zero-order chi connectivity index (χ0) is 9.64. The Kier molecular flexibility index (Phi) is 3.63. The molecule has 1 N–H and O–H groups in total. The highest BCUT2D eigenvalue weighted by Gasteiger charge is 2.13. The number of anilines is 1. The van der Waals surface area contributed by atoms with E-state index in [2.05, 4.69) is 27.0 Å². The average Bonchev–Trinajstić information content (AvgIpc) is 2.29. The second-order valence-corrected chi connectivity index (χ2v) is 4.87. The second kappa shape index (κ2) is 5.20. The van der Waals surface area contributed by atoms with Crippen LogP contribution < -0.4 is 5.32 Å². The van der Waals surface area contributed by atoms with Gasteiger partial charge in [0, 0.05) is 18.0 Å². The summed E-state index contributed by atoms with van der Waals surface area (Å²) in [7, 11) is 0. The molecule has 0 aliphatic carbocycles. The minimum atomic E-state index is 0.763. The summed E-state index contributed by atoms with van der Waals surface area (Å²) in [6.45, 7) is 1.03. The summed E-state index contributed by atoms with van der Waals surface area (Å²) in [6.07, 6.45) is 7.44. The Labute approximate surface area is 88.7 Å². The Hall–Kier alpha value is -0.770. The van der Waals surface area contributed by atoms with Crippen LogP contribution in [0.2, 0.25) is 0 Å². The van der Waals surface area contributed by atoms with Crippen LogP contribution in [0.3, 0.4) is 0 Å². The quantitative estimate of drug-likeness (QED) is 0.828. The molecule has 1 aromatic rings. The highest BCUT2D eigenvalue weighted by Crippen LogP contribution is 2.24. The van der Waals surface area contributed by atoms with E-state index in [1.807, 2.05) is 6.07 Å². The molecule has 76 valence electrons. The molecule has 1 atom stereocenters. The van der Waals surface area contributed by atoms with Crippen molar-refractivity contribution in [2.24, 2.45) is 0 Å². The molecule has 1 aromatic heterocycles. The SMILES string of the molecule is c1cc(NCC2CCCCS2)ncn1. The number of hydrogen-bond acceptors (Lipinski definition) is 4. The maximum atomic E-state index is 4.13. The Morgan fingerprint density at radius 2 is 2.50 bits per heavy atom. The summed E-state index contributed by atoms with van der Waals surface area (Å²) in [5, 5.41) is 4.11. The lowest BCUT2D eigenvalue weighted by molar-refractivity contribution is 0.677. The molecular weight excluding hydrogens is 194 g/mol. The van der Waals surface area contributed by atoms with Crippen LogP contribution in [0.1, 0.15) is 19.3 Å². The van der Waals surface area contributed by atoms with E-state index < -0.39 is 0 Å². The van der Waals surface area contributed by atoms with Crippen LogP contribution in [0, 0.1) is 0 Å². The molecule has 0 saturated carbocycles. The molecule has 2 heterocycles. The summed E-state index contributed by atoms with van der Waals surface area (Å²) in [4.78, 5) is 8.02. The van der Waals surface area contributed by atoms with E-state index in [1.165, 1.54) is 25.0 Å². The molecule has 2 rings (SSSR count). The van der Waals surface area contributed by atoms with Gasteiger partial charge in [0.25, 0.3) is 0 Å². The van der Waals surface area contributed by atoms with Gasteiger partial charge in [-0.1, -0.05) is 6.42 Å². The van der Waals surface area contributed by atoms with Gasteiger partial charge in [0.15, 0.2) is 0 Å². The summed E-state index contributed by atoms with van der Waals surface area (Å²) in [6, 6.07) is 1.91. The van der Waals surface area contributed by atoms with Crippen molar-refractivity contribution in [3.63, 3.8) is 0 Å². The van der Waals surface area contributed by atoms with Crippen LogP contribution in [0.4, 0.5) is 5.82 Å². The predicted octanol–water partition coefficient (Wildman–Crippen LogP) is 2.17. The molecule has 1 aliphatic heterocycles. The lowest BCUT2D eigenvalue weighted by atomic mass is 10.2. The minimum absolute atomic E-state index is 0.763. The van der Waals surface area contributed by atoms with Crippen LogP contribution >= 0.6 is 11.8 Å². The van der Waals surface area contributed by atoms with E-state index in [-0.39, 0.29) is 0 Å². The van der Waals surface area contributed by atoms with Crippen LogP contribution in [0.25, 0.3) is 0 Å². The van der Waals surface area contributed by atoms with E-state index in [0.717, 1.165) is 17.6 Å². The number of thioether (sulfide) groups is 1. The largest absolute Gasteiger partial charge is 0.369 e. The lowest BCUT2D eigenvalue weighted by Gasteiger charge is -2.21. The van der Waals surface area contributed by atoms with Crippen molar-refractivity contribution >= 4 is 17.6 Å². The minimum Gasteiger partial charge on any atom is -0.369 e. The number of nitrogens with one attached hydrogen (secondary N) is 1. The first kappa shape index (κ1) is 9.77. The molecule has 4 heteroatoms. The molecule has 1 unspecified atom stereocenters. The maximum absolute atomic E-state index is 4.13. The number of nitrogens with zero attached hydrogens (tertiary/aromatic N) is 2. The summed E-state index contributed by atoms with van der Waals surface area (Å²) in [5.41, 5.74) is 0. The first-order valence-corrected chi connectivity index (χ1v) is 6.11. The molecule has 14 heavy (non-hydrogen) atoms. The first-order chi connectivity index (χ1) is 6.95. The molecule has 0 amide bonds. The van der Waals surface area contributed by atoms with Gasteiger partial charge in [0.2, 0.25) is 0 Å². The van der Waals surface area contributed by atoms with Crippen molar-refractivity contribution in [2.75, 3.05) is 17.6 Å². The number of rotatable bonds is 3. The Morgan fingerprint density at radius 1 is 1.50 bits per heavy atom. The summed E-state index contributed by atoms with van der Waals surface area (Å²) >= 11 is 2.08. The lowest BCUT2D eigenvalue weighted by Crippen LogP contribution is -2.20. The van der Waals surface area contributed by atoms with E-state index in [4.69, 9.17) is 0 Å². The Balaban J connectivity index is 1.76. The summed E-state index contributed by atoms with van der Waals surface area (Å²) in [5.74, 6) is 2.25. The van der Waals surface area contributed by atoms with Gasteiger partial charge >= 0.3 is 0 Å². The molecule has 0 bridgehead atoms. The average molecular weight is 209 g/mol. The van der Waals surface area contributed by atoms with Crippen molar-refractivity contribution in [2.45, 2.75) is 24.5 Å². The van der Waals surface area contributed by atoms with Gasteiger partial charge in [-0.3, -0.25) is 0 Å². The number of aromatic nitrogens is 2. The zero-order valence-corrected chi connectivity index (χ0v) is 8.96. The highest BCUT2D eigenvalue weighted by atomic mass is 32.2. The van der Waals surface area contributed by atoms with Crippen molar-refractivity contribution in [3.8, 4) is 0 Å². The van der Waals surface area contributed by atoms with Gasteiger partial charge in [-0.15, -0.1) is 0 Å². The molecular formula is C10H15N3S. The second-order valence-electron chi connectivity index (χ2n) is 3.46. The molecule has 0 radical (unpaired) electrons. The highest BCUT2D eigenvalue weighted by molar-refractivity contribution is 7.99. The first-order valence-electron chi connectivity index (χ1n) is 5.06. The van der Waals surface area contributed by atoms with Gasteiger partial charge in [-0.05, 0) is 24.7 Å². The zero-order valence-electron chi connectivity index (χ0n) is 8.15. The van der Waals surface area contributed by atoms with Crippen molar-refractivity contribution in [1.29, 1.82) is 0 Å². The standard InChI is InChI=1S/C10H15N3S/c1-2-6-14-9(3-1)7-12-10-4-5-11-8-13-10/h4-5,8-9H,1-3,6-7H2,(H,11,12,13). The van der Waals surface area contributed by atoms with Crippen molar-refractivity contribution < 1.29 is 0 Å². The van der Waals surface area contributed by atoms with Crippen LogP contribution in [0.15, 0.2) is 18.6 Å². The number of hydrogen-bond donors (Lipinski definition) is 1. The van der Waals surface area contributed by atoms with Crippen LogP contribution in [-0.4, -0.2) is 27.5 Å². The molecule has 1 saturated heterocycles. The predicted molar refractivity (Wildman–Crippen MR) is 60.6 cm³/mol. The molecule has 1 aliphatic rings. The van der Waals surface area contributed by atoms with Crippen LogP contribution in [0.5, 0.6) is 0 Å². The molecule has 0 aromatic carbocycles. The van der Waals surface area contributed by atoms with Crippen molar-refractivity contribution in [3.05, 3.63) is 18.6 Å². The molecule has 1 fully saturated rings. The van der Waals surface area contributed by atoms with Crippen LogP contribution in [-0.2, 0) is 0 Å². The van der Waals surface area contributed by atoms with Gasteiger partial charge < -0.3 is 5.32 Å². The fourth-order valence-electron chi connectivity index (χ4n) is 1.58. The van der Waals surface area contributed by atoms with Gasteiger partial charge in [0.05, 0.1) is 0 Å². The normalized spacial score (nSPS) is 21.9. The van der Waals surface area contributed by atoms with E-state index >= 15 is 0 Å². The molecule has 0 spiro atoms. The smallest absolute Gasteiger partial charge is 0.129 e. The monoisotopic (exact) mass is 209 g/mol. The van der Waals surface area contributed by atoms with Gasteiger partial charge in [0.1, 0.15) is 12.1 Å². The van der Waals surface area contributed by atoms with Gasteiger partial charge in [-0.2, -0.15) is 11.8 Å². The topological polar surface area (TPSA) is 37.8 Å². The Bertz CT molecular complexity index is 259. The Morgan fingerprint density at radius 3 is 3.21 bits per heavy atom. The van der Waals surface area contributed by atoms with Crippen molar-refractivity contribution in [1.82, 2.24) is 9.97 Å².